The van der Waals surface area contributed by atoms with E-state index >= 15 is 0 Å². The second-order valence-corrected chi connectivity index (χ2v) is 5.33. The van der Waals surface area contributed by atoms with Crippen LogP contribution in [-0.2, 0) is 9.53 Å². The quantitative estimate of drug-likeness (QED) is 0.566. The zero-order valence-corrected chi connectivity index (χ0v) is 7.77. The molecule has 2 nitrogen and oxygen atoms in total. The van der Waals surface area contributed by atoms with Crippen LogP contribution in [0.3, 0.4) is 0 Å². The van der Waals surface area contributed by atoms with E-state index in [0.717, 1.165) is 35.5 Å². The van der Waals surface area contributed by atoms with Crippen molar-refractivity contribution in [2.45, 2.75) is 12.8 Å². The number of methoxy groups -OCH3 is 1. The number of esters is 1. The standard InChI is InChI=1S/C11H14O2/c1-13-11(12)10-8-6-3-7(9(8)10)5-2-4(5)6/h4-10H,2-3H2,1H3. The smallest absolute Gasteiger partial charge is 0.309 e. The fourth-order valence-corrected chi connectivity index (χ4v) is 4.68. The van der Waals surface area contributed by atoms with E-state index in [1.165, 1.54) is 20.0 Å². The van der Waals surface area contributed by atoms with Crippen molar-refractivity contribution in [3.8, 4) is 0 Å². The minimum atomic E-state index is 0.0750. The first-order valence-corrected chi connectivity index (χ1v) is 5.40. The summed E-state index contributed by atoms with van der Waals surface area (Å²) >= 11 is 0. The van der Waals surface area contributed by atoms with E-state index < -0.39 is 0 Å². The van der Waals surface area contributed by atoms with Crippen LogP contribution in [0.15, 0.2) is 0 Å². The highest BCUT2D eigenvalue weighted by molar-refractivity contribution is 5.77. The summed E-state index contributed by atoms with van der Waals surface area (Å²) in [7, 11) is 1.53. The van der Waals surface area contributed by atoms with Crippen LogP contribution in [0, 0.1) is 41.4 Å². The van der Waals surface area contributed by atoms with Gasteiger partial charge in [0.15, 0.2) is 0 Å². The number of fused-ring (bicyclic) bond motifs is 8. The molecule has 70 valence electrons. The monoisotopic (exact) mass is 178 g/mol. The minimum absolute atomic E-state index is 0.0750. The summed E-state index contributed by atoms with van der Waals surface area (Å²) in [6.45, 7) is 0. The molecule has 4 fully saturated rings. The molecule has 6 unspecified atom stereocenters. The zero-order chi connectivity index (χ0) is 8.74. The third-order valence-corrected chi connectivity index (χ3v) is 5.13. The van der Waals surface area contributed by atoms with Crippen molar-refractivity contribution in [2.75, 3.05) is 7.11 Å². The molecule has 0 aliphatic heterocycles. The molecule has 0 radical (unpaired) electrons. The molecule has 0 aromatic carbocycles. The van der Waals surface area contributed by atoms with Gasteiger partial charge >= 0.3 is 5.97 Å². The van der Waals surface area contributed by atoms with Gasteiger partial charge in [0, 0.05) is 0 Å². The Morgan fingerprint density at radius 1 is 1.08 bits per heavy atom. The highest BCUT2D eigenvalue weighted by Gasteiger charge is 2.77. The van der Waals surface area contributed by atoms with E-state index in [2.05, 4.69) is 0 Å². The molecule has 4 rings (SSSR count). The summed E-state index contributed by atoms with van der Waals surface area (Å²) in [6, 6.07) is 0. The number of hydrogen-bond donors (Lipinski definition) is 0. The highest BCUT2D eigenvalue weighted by Crippen LogP contribution is 2.79. The van der Waals surface area contributed by atoms with Gasteiger partial charge in [0.2, 0.25) is 0 Å². The summed E-state index contributed by atoms with van der Waals surface area (Å²) < 4.78 is 4.85. The first-order valence-electron chi connectivity index (χ1n) is 5.40. The van der Waals surface area contributed by atoms with E-state index in [9.17, 15) is 4.79 Å². The summed E-state index contributed by atoms with van der Waals surface area (Å²) in [5.74, 6) is 5.80. The molecule has 2 bridgehead atoms. The lowest BCUT2D eigenvalue weighted by atomic mass is 9.96. The van der Waals surface area contributed by atoms with Crippen LogP contribution in [-0.4, -0.2) is 13.1 Å². The van der Waals surface area contributed by atoms with Crippen LogP contribution < -0.4 is 0 Å². The third kappa shape index (κ3) is 0.598. The predicted molar refractivity (Wildman–Crippen MR) is 45.7 cm³/mol. The maximum Gasteiger partial charge on any atom is 0.309 e. The van der Waals surface area contributed by atoms with Crippen molar-refractivity contribution >= 4 is 5.97 Å². The Balaban J connectivity index is 1.62. The van der Waals surface area contributed by atoms with Crippen molar-refractivity contribution in [2.24, 2.45) is 41.4 Å². The maximum atomic E-state index is 11.4. The molecule has 0 spiro atoms. The fourth-order valence-electron chi connectivity index (χ4n) is 4.68. The zero-order valence-electron chi connectivity index (χ0n) is 7.77. The Bertz CT molecular complexity index is 278. The third-order valence-electron chi connectivity index (χ3n) is 5.13. The molecule has 4 aliphatic carbocycles. The van der Waals surface area contributed by atoms with E-state index in [0.29, 0.717) is 5.92 Å². The normalized spacial score (nSPS) is 64.2. The molecule has 0 heterocycles. The lowest BCUT2D eigenvalue weighted by molar-refractivity contribution is -0.143. The van der Waals surface area contributed by atoms with Crippen LogP contribution in [0.5, 0.6) is 0 Å². The average molecular weight is 178 g/mol. The Kier molecular flexibility index (Phi) is 0.946. The van der Waals surface area contributed by atoms with Crippen molar-refractivity contribution in [3.05, 3.63) is 0 Å². The minimum Gasteiger partial charge on any atom is -0.469 e. The molecule has 0 amide bonds. The summed E-state index contributed by atoms with van der Waals surface area (Å²) in [6.07, 6.45) is 2.92. The second-order valence-electron chi connectivity index (χ2n) is 5.33. The summed E-state index contributed by atoms with van der Waals surface area (Å²) in [5.41, 5.74) is 0. The Morgan fingerprint density at radius 2 is 1.62 bits per heavy atom. The maximum absolute atomic E-state index is 11.4. The number of carbonyl (C=O) groups excluding carboxylic acids is 1. The first-order chi connectivity index (χ1) is 6.33. The topological polar surface area (TPSA) is 26.3 Å². The average Bonchev–Trinajstić information content (AvgIpc) is 3.04. The van der Waals surface area contributed by atoms with Crippen molar-refractivity contribution < 1.29 is 9.53 Å². The molecule has 4 saturated carbocycles. The largest absolute Gasteiger partial charge is 0.469 e. The fraction of sp³-hybridized carbons (Fsp3) is 0.909. The van der Waals surface area contributed by atoms with Gasteiger partial charge in [0.1, 0.15) is 0 Å². The first kappa shape index (κ1) is 6.86. The number of carbonyl (C=O) groups is 1. The molecular weight excluding hydrogens is 164 g/mol. The lowest BCUT2D eigenvalue weighted by Crippen LogP contribution is -2.12. The number of ether oxygens (including phenoxy) is 1. The number of hydrogen-bond acceptors (Lipinski definition) is 2. The summed E-state index contributed by atoms with van der Waals surface area (Å²) in [4.78, 5) is 11.4. The Labute approximate surface area is 77.6 Å². The Hall–Kier alpha value is -0.530. The SMILES string of the molecule is COC(=O)C1C2C3CC(C4CC43)C12. The van der Waals surface area contributed by atoms with Crippen LogP contribution >= 0.6 is 0 Å². The van der Waals surface area contributed by atoms with E-state index in [1.807, 2.05) is 0 Å². The van der Waals surface area contributed by atoms with Gasteiger partial charge in [-0.1, -0.05) is 0 Å². The van der Waals surface area contributed by atoms with Crippen LogP contribution in [0.4, 0.5) is 0 Å². The Morgan fingerprint density at radius 3 is 2.15 bits per heavy atom. The predicted octanol–water partition coefficient (Wildman–Crippen LogP) is 1.31. The van der Waals surface area contributed by atoms with E-state index in [1.54, 1.807) is 0 Å². The van der Waals surface area contributed by atoms with Crippen molar-refractivity contribution in [1.29, 1.82) is 0 Å². The molecule has 13 heavy (non-hydrogen) atoms. The molecule has 6 atom stereocenters. The van der Waals surface area contributed by atoms with Gasteiger partial charge in [-0.05, 0) is 48.3 Å². The van der Waals surface area contributed by atoms with Gasteiger partial charge in [0.25, 0.3) is 0 Å². The van der Waals surface area contributed by atoms with Crippen LogP contribution in [0.1, 0.15) is 12.8 Å². The highest BCUT2D eigenvalue weighted by atomic mass is 16.5. The van der Waals surface area contributed by atoms with Gasteiger partial charge in [-0.2, -0.15) is 0 Å². The van der Waals surface area contributed by atoms with E-state index in [-0.39, 0.29) is 5.97 Å². The van der Waals surface area contributed by atoms with Crippen molar-refractivity contribution in [1.82, 2.24) is 0 Å². The molecule has 4 aliphatic rings. The molecular formula is C11H14O2. The second kappa shape index (κ2) is 1.79. The van der Waals surface area contributed by atoms with Gasteiger partial charge in [-0.15, -0.1) is 0 Å². The van der Waals surface area contributed by atoms with Gasteiger partial charge in [0.05, 0.1) is 13.0 Å². The lowest BCUT2D eigenvalue weighted by Gasteiger charge is -2.10. The molecule has 0 aromatic heterocycles. The van der Waals surface area contributed by atoms with Gasteiger partial charge in [-0.25, -0.2) is 0 Å². The van der Waals surface area contributed by atoms with E-state index in [4.69, 9.17) is 4.74 Å². The van der Waals surface area contributed by atoms with Crippen LogP contribution in [0.2, 0.25) is 0 Å². The molecule has 0 N–H and O–H groups in total. The summed E-state index contributed by atoms with van der Waals surface area (Å²) in [5, 5.41) is 0. The van der Waals surface area contributed by atoms with Crippen molar-refractivity contribution in [3.63, 3.8) is 0 Å². The van der Waals surface area contributed by atoms with Gasteiger partial charge < -0.3 is 4.74 Å². The molecule has 2 heteroatoms. The molecule has 0 saturated heterocycles. The van der Waals surface area contributed by atoms with Gasteiger partial charge in [-0.3, -0.25) is 4.79 Å². The number of rotatable bonds is 1. The molecule has 0 aromatic rings. The van der Waals surface area contributed by atoms with Crippen LogP contribution in [0.25, 0.3) is 0 Å².